The first-order chi connectivity index (χ1) is 10.6. The van der Waals surface area contributed by atoms with E-state index in [0.717, 1.165) is 11.1 Å². The fourth-order valence-corrected chi connectivity index (χ4v) is 2.24. The van der Waals surface area contributed by atoms with Crippen LogP contribution < -0.4 is 5.56 Å². The Morgan fingerprint density at radius 3 is 2.50 bits per heavy atom. The first-order valence-electron chi connectivity index (χ1n) is 6.72. The van der Waals surface area contributed by atoms with Gasteiger partial charge in [-0.15, -0.1) is 0 Å². The van der Waals surface area contributed by atoms with Gasteiger partial charge in [0, 0.05) is 28.5 Å². The van der Waals surface area contributed by atoms with Crippen LogP contribution in [0.1, 0.15) is 11.1 Å². The van der Waals surface area contributed by atoms with Crippen molar-refractivity contribution in [3.63, 3.8) is 0 Å². The van der Waals surface area contributed by atoms with Crippen LogP contribution in [0.4, 0.5) is 0 Å². The minimum absolute atomic E-state index is 0.115. The highest BCUT2D eigenvalue weighted by Gasteiger charge is 2.08. The van der Waals surface area contributed by atoms with Crippen LogP contribution in [0.15, 0.2) is 53.8 Å². The lowest BCUT2D eigenvalue weighted by atomic mass is 10.2. The summed E-state index contributed by atoms with van der Waals surface area (Å²) in [4.78, 5) is 20.2. The van der Waals surface area contributed by atoms with Crippen molar-refractivity contribution in [2.45, 2.75) is 13.5 Å². The van der Waals surface area contributed by atoms with Gasteiger partial charge >= 0.3 is 0 Å². The Balaban J connectivity index is 2.02. The maximum Gasteiger partial charge on any atom is 0.270 e. The number of benzene rings is 1. The number of rotatable bonds is 3. The van der Waals surface area contributed by atoms with Crippen LogP contribution in [-0.2, 0) is 6.54 Å². The second-order valence-electron chi connectivity index (χ2n) is 4.93. The molecule has 0 aliphatic heterocycles. The van der Waals surface area contributed by atoms with Gasteiger partial charge in [0.2, 0.25) is 0 Å². The molecule has 0 aliphatic carbocycles. The van der Waals surface area contributed by atoms with Gasteiger partial charge in [-0.05, 0) is 30.7 Å². The highest BCUT2D eigenvalue weighted by Crippen LogP contribution is 2.14. The van der Waals surface area contributed by atoms with Crippen LogP contribution in [0.25, 0.3) is 11.3 Å². The summed E-state index contributed by atoms with van der Waals surface area (Å²) in [7, 11) is 0. The molecule has 3 aromatic rings. The predicted octanol–water partition coefficient (Wildman–Crippen LogP) is 2.71. The third kappa shape index (κ3) is 3.04. The van der Waals surface area contributed by atoms with Crippen molar-refractivity contribution in [1.82, 2.24) is 19.7 Å². The third-order valence-electron chi connectivity index (χ3n) is 3.26. The van der Waals surface area contributed by atoms with E-state index in [1.807, 2.05) is 12.1 Å². The summed E-state index contributed by atoms with van der Waals surface area (Å²) in [6.45, 7) is 2.16. The van der Waals surface area contributed by atoms with Gasteiger partial charge in [0.25, 0.3) is 5.56 Å². The average molecular weight is 313 g/mol. The molecule has 6 heteroatoms. The smallest absolute Gasteiger partial charge is 0.268 e. The zero-order chi connectivity index (χ0) is 15.5. The van der Waals surface area contributed by atoms with E-state index in [1.165, 1.54) is 11.0 Å². The Hall–Kier alpha value is -2.53. The number of aromatic nitrogens is 4. The molecule has 5 nitrogen and oxygen atoms in total. The summed E-state index contributed by atoms with van der Waals surface area (Å²) in [5.41, 5.74) is 2.92. The van der Waals surface area contributed by atoms with E-state index in [2.05, 4.69) is 15.1 Å². The van der Waals surface area contributed by atoms with E-state index in [4.69, 9.17) is 11.6 Å². The Bertz CT molecular complexity index is 844. The van der Waals surface area contributed by atoms with Crippen LogP contribution in [0.2, 0.25) is 5.02 Å². The Morgan fingerprint density at radius 1 is 1.14 bits per heavy atom. The second kappa shape index (κ2) is 6.07. The van der Waals surface area contributed by atoms with E-state index in [0.29, 0.717) is 22.8 Å². The van der Waals surface area contributed by atoms with Gasteiger partial charge in [-0.25, -0.2) is 14.6 Å². The number of hydrogen-bond donors (Lipinski definition) is 0. The van der Waals surface area contributed by atoms with Crippen molar-refractivity contribution in [3.8, 4) is 11.3 Å². The van der Waals surface area contributed by atoms with Gasteiger partial charge in [-0.2, -0.15) is 5.10 Å². The van der Waals surface area contributed by atoms with Crippen molar-refractivity contribution in [2.75, 3.05) is 0 Å². The summed E-state index contributed by atoms with van der Waals surface area (Å²) >= 11 is 5.88. The van der Waals surface area contributed by atoms with Crippen molar-refractivity contribution in [1.29, 1.82) is 0 Å². The SMILES string of the molecule is Cc1cc(-c2cncnc2)nn(Cc2ccc(Cl)cc2)c1=O. The zero-order valence-electron chi connectivity index (χ0n) is 11.9. The van der Waals surface area contributed by atoms with Crippen molar-refractivity contribution < 1.29 is 0 Å². The molecule has 0 fully saturated rings. The minimum Gasteiger partial charge on any atom is -0.268 e. The van der Waals surface area contributed by atoms with Gasteiger partial charge in [-0.3, -0.25) is 4.79 Å². The second-order valence-corrected chi connectivity index (χ2v) is 5.37. The molecule has 1 aromatic carbocycles. The van der Waals surface area contributed by atoms with E-state index < -0.39 is 0 Å². The topological polar surface area (TPSA) is 60.7 Å². The molecule has 0 amide bonds. The number of aryl methyl sites for hydroxylation is 1. The molecule has 0 unspecified atom stereocenters. The van der Waals surface area contributed by atoms with Gasteiger partial charge in [-0.1, -0.05) is 23.7 Å². The molecule has 2 aromatic heterocycles. The first kappa shape index (κ1) is 14.4. The van der Waals surface area contributed by atoms with Crippen molar-refractivity contribution in [3.05, 3.63) is 75.6 Å². The molecule has 0 aliphatic rings. The largest absolute Gasteiger partial charge is 0.270 e. The number of halogens is 1. The Morgan fingerprint density at radius 2 is 1.82 bits per heavy atom. The summed E-state index contributed by atoms with van der Waals surface area (Å²) in [5.74, 6) is 0. The highest BCUT2D eigenvalue weighted by molar-refractivity contribution is 6.30. The third-order valence-corrected chi connectivity index (χ3v) is 3.51. The number of hydrogen-bond acceptors (Lipinski definition) is 4. The zero-order valence-corrected chi connectivity index (χ0v) is 12.7. The Labute approximate surface area is 132 Å². The van der Waals surface area contributed by atoms with Crippen molar-refractivity contribution >= 4 is 11.6 Å². The number of nitrogens with zero attached hydrogens (tertiary/aromatic N) is 4. The molecule has 0 saturated carbocycles. The maximum absolute atomic E-state index is 12.3. The summed E-state index contributed by atoms with van der Waals surface area (Å²) in [6, 6.07) is 9.10. The van der Waals surface area contributed by atoms with Gasteiger partial charge in [0.1, 0.15) is 6.33 Å². The van der Waals surface area contributed by atoms with E-state index in [9.17, 15) is 4.79 Å². The van der Waals surface area contributed by atoms with E-state index >= 15 is 0 Å². The fraction of sp³-hybridized carbons (Fsp3) is 0.125. The van der Waals surface area contributed by atoms with Crippen LogP contribution >= 0.6 is 11.6 Å². The summed E-state index contributed by atoms with van der Waals surface area (Å²) < 4.78 is 1.45. The molecule has 0 atom stereocenters. The molecular formula is C16H13ClN4O. The van der Waals surface area contributed by atoms with Gasteiger partial charge in [0.15, 0.2) is 0 Å². The molecule has 0 bridgehead atoms. The monoisotopic (exact) mass is 312 g/mol. The Kier molecular flexibility index (Phi) is 3.98. The minimum atomic E-state index is -0.115. The molecule has 0 saturated heterocycles. The molecule has 2 heterocycles. The molecular weight excluding hydrogens is 300 g/mol. The quantitative estimate of drug-likeness (QED) is 0.746. The molecule has 0 N–H and O–H groups in total. The standard InChI is InChI=1S/C16H13ClN4O/c1-11-6-15(13-7-18-10-19-8-13)20-21(16(11)22)9-12-2-4-14(17)5-3-12/h2-8,10H,9H2,1H3. The van der Waals surface area contributed by atoms with E-state index in [-0.39, 0.29) is 5.56 Å². The van der Waals surface area contributed by atoms with Gasteiger partial charge < -0.3 is 0 Å². The lowest BCUT2D eigenvalue weighted by Crippen LogP contribution is -2.25. The van der Waals surface area contributed by atoms with E-state index in [1.54, 1.807) is 37.5 Å². The molecule has 22 heavy (non-hydrogen) atoms. The van der Waals surface area contributed by atoms with Crippen LogP contribution in [0, 0.1) is 6.92 Å². The first-order valence-corrected chi connectivity index (χ1v) is 7.10. The van der Waals surface area contributed by atoms with Crippen molar-refractivity contribution in [2.24, 2.45) is 0 Å². The molecule has 0 spiro atoms. The van der Waals surface area contributed by atoms with Gasteiger partial charge in [0.05, 0.1) is 12.2 Å². The average Bonchev–Trinajstić information content (AvgIpc) is 2.54. The van der Waals surface area contributed by atoms with Crippen LogP contribution in [0.3, 0.4) is 0 Å². The molecule has 0 radical (unpaired) electrons. The van der Waals surface area contributed by atoms with Crippen LogP contribution in [-0.4, -0.2) is 19.7 Å². The van der Waals surface area contributed by atoms with Crippen LogP contribution in [0.5, 0.6) is 0 Å². The molecule has 3 rings (SSSR count). The molecule has 110 valence electrons. The maximum atomic E-state index is 12.3. The lowest BCUT2D eigenvalue weighted by Gasteiger charge is -2.09. The fourth-order valence-electron chi connectivity index (χ4n) is 2.12. The highest BCUT2D eigenvalue weighted by atomic mass is 35.5. The lowest BCUT2D eigenvalue weighted by molar-refractivity contribution is 0.637. The predicted molar refractivity (Wildman–Crippen MR) is 84.8 cm³/mol. The summed E-state index contributed by atoms with van der Waals surface area (Å²) in [6.07, 6.45) is 4.80. The normalized spacial score (nSPS) is 10.6. The summed E-state index contributed by atoms with van der Waals surface area (Å²) in [5, 5.41) is 5.07.